The van der Waals surface area contributed by atoms with Crippen molar-refractivity contribution in [3.8, 4) is 5.75 Å². The van der Waals surface area contributed by atoms with Gasteiger partial charge in [0.25, 0.3) is 5.91 Å². The number of aromatic hydroxyl groups is 1. The Morgan fingerprint density at radius 3 is 2.18 bits per heavy atom. The van der Waals surface area contributed by atoms with Crippen LogP contribution in [0.3, 0.4) is 0 Å². The van der Waals surface area contributed by atoms with Crippen molar-refractivity contribution in [3.05, 3.63) is 52.7 Å². The maximum absolute atomic E-state index is 13.6. The monoisotopic (exact) mass is 538 g/mol. The molecule has 7 nitrogen and oxygen atoms in total. The number of piperidine rings is 2. The van der Waals surface area contributed by atoms with Gasteiger partial charge in [0.1, 0.15) is 16.7 Å². The standard InChI is InChI=1S/C30H39ClN4O3/c1-33(2)28(37)23-8-9-26(32-27(23)31)34-16-10-21(11-17-34)20-22-12-18-35(19-13-22)29(38)30(14-5-15-30)24-6-3-4-7-25(24)36/h3-4,6-9,21-22,36H,5,10-20H2,1-2H3. The number of carbonyl (C=O) groups is 2. The zero-order valence-corrected chi connectivity index (χ0v) is 23.3. The Balaban J connectivity index is 1.11. The molecule has 0 radical (unpaired) electrons. The van der Waals surface area contributed by atoms with Crippen LogP contribution >= 0.6 is 11.6 Å². The Kier molecular flexibility index (Phi) is 7.85. The number of hydrogen-bond acceptors (Lipinski definition) is 5. The Bertz CT molecular complexity index is 1170. The summed E-state index contributed by atoms with van der Waals surface area (Å²) in [4.78, 5) is 36.2. The van der Waals surface area contributed by atoms with Crippen LogP contribution in [0.25, 0.3) is 0 Å². The van der Waals surface area contributed by atoms with Gasteiger partial charge in [0.2, 0.25) is 5.91 Å². The first-order valence-electron chi connectivity index (χ1n) is 14.0. The van der Waals surface area contributed by atoms with Crippen molar-refractivity contribution < 1.29 is 14.7 Å². The number of halogens is 1. The minimum absolute atomic E-state index is 0.137. The largest absolute Gasteiger partial charge is 0.508 e. The molecule has 0 bridgehead atoms. The minimum Gasteiger partial charge on any atom is -0.508 e. The molecule has 1 saturated carbocycles. The number of amides is 2. The van der Waals surface area contributed by atoms with E-state index >= 15 is 0 Å². The summed E-state index contributed by atoms with van der Waals surface area (Å²) < 4.78 is 0. The van der Waals surface area contributed by atoms with Gasteiger partial charge in [0, 0.05) is 45.8 Å². The van der Waals surface area contributed by atoms with E-state index in [4.69, 9.17) is 11.6 Å². The highest BCUT2D eigenvalue weighted by Gasteiger charge is 2.49. The Morgan fingerprint density at radius 1 is 1.00 bits per heavy atom. The molecule has 38 heavy (non-hydrogen) atoms. The minimum atomic E-state index is -0.528. The number of para-hydroxylation sites is 1. The van der Waals surface area contributed by atoms with Crippen LogP contribution in [0.2, 0.25) is 5.15 Å². The third-order valence-electron chi connectivity index (χ3n) is 9.01. The lowest BCUT2D eigenvalue weighted by atomic mass is 9.63. The predicted octanol–water partition coefficient (Wildman–Crippen LogP) is 5.11. The molecule has 204 valence electrons. The lowest BCUT2D eigenvalue weighted by molar-refractivity contribution is -0.142. The van der Waals surface area contributed by atoms with Crippen LogP contribution in [0, 0.1) is 11.8 Å². The van der Waals surface area contributed by atoms with E-state index in [0.717, 1.165) is 82.5 Å². The quantitative estimate of drug-likeness (QED) is 0.517. The second-order valence-corrected chi connectivity index (χ2v) is 11.9. The number of benzene rings is 1. The van der Waals surface area contributed by atoms with Crippen molar-refractivity contribution in [2.24, 2.45) is 11.8 Å². The van der Waals surface area contributed by atoms with Crippen LogP contribution in [0.5, 0.6) is 5.75 Å². The van der Waals surface area contributed by atoms with Crippen molar-refractivity contribution >= 4 is 29.2 Å². The fourth-order valence-corrected chi connectivity index (χ4v) is 6.78. The summed E-state index contributed by atoms with van der Waals surface area (Å²) in [6.45, 7) is 3.51. The number of aromatic nitrogens is 1. The Labute approximate surface area is 230 Å². The van der Waals surface area contributed by atoms with Crippen LogP contribution in [0.15, 0.2) is 36.4 Å². The number of anilines is 1. The fraction of sp³-hybridized carbons (Fsp3) is 0.567. The number of pyridine rings is 1. The molecule has 1 aromatic carbocycles. The average molecular weight is 539 g/mol. The van der Waals surface area contributed by atoms with E-state index in [0.29, 0.717) is 17.4 Å². The first kappa shape index (κ1) is 26.8. The van der Waals surface area contributed by atoms with Gasteiger partial charge in [-0.3, -0.25) is 9.59 Å². The second kappa shape index (κ2) is 11.1. The highest BCUT2D eigenvalue weighted by atomic mass is 35.5. The lowest BCUT2D eigenvalue weighted by Gasteiger charge is -2.46. The van der Waals surface area contributed by atoms with Gasteiger partial charge in [0.05, 0.1) is 11.0 Å². The third kappa shape index (κ3) is 5.22. The van der Waals surface area contributed by atoms with E-state index in [2.05, 4.69) is 14.8 Å². The molecule has 0 spiro atoms. The van der Waals surface area contributed by atoms with E-state index in [1.165, 1.54) is 11.3 Å². The molecule has 8 heteroatoms. The molecule has 1 aliphatic carbocycles. The van der Waals surface area contributed by atoms with Crippen LogP contribution in [0.4, 0.5) is 5.82 Å². The lowest BCUT2D eigenvalue weighted by Crippen LogP contribution is -2.53. The first-order chi connectivity index (χ1) is 18.3. The number of nitrogens with zero attached hydrogens (tertiary/aromatic N) is 4. The highest BCUT2D eigenvalue weighted by Crippen LogP contribution is 2.48. The van der Waals surface area contributed by atoms with E-state index in [9.17, 15) is 14.7 Å². The predicted molar refractivity (Wildman–Crippen MR) is 150 cm³/mol. The van der Waals surface area contributed by atoms with Crippen LogP contribution in [-0.4, -0.2) is 72.0 Å². The summed E-state index contributed by atoms with van der Waals surface area (Å²) in [6.07, 6.45) is 8.26. The first-order valence-corrected chi connectivity index (χ1v) is 14.4. The number of phenols is 1. The van der Waals surface area contributed by atoms with Crippen molar-refractivity contribution in [2.75, 3.05) is 45.2 Å². The van der Waals surface area contributed by atoms with Gasteiger partial charge < -0.3 is 19.8 Å². The fourth-order valence-electron chi connectivity index (χ4n) is 6.55. The summed E-state index contributed by atoms with van der Waals surface area (Å²) in [5.74, 6) is 2.50. The molecule has 3 aliphatic rings. The van der Waals surface area contributed by atoms with Gasteiger partial charge in [-0.05, 0) is 75.0 Å². The summed E-state index contributed by atoms with van der Waals surface area (Å²) >= 11 is 6.34. The van der Waals surface area contributed by atoms with E-state index < -0.39 is 5.41 Å². The van der Waals surface area contributed by atoms with Crippen LogP contribution in [-0.2, 0) is 10.2 Å². The molecule has 0 atom stereocenters. The van der Waals surface area contributed by atoms with Gasteiger partial charge >= 0.3 is 0 Å². The zero-order chi connectivity index (χ0) is 26.9. The maximum Gasteiger partial charge on any atom is 0.256 e. The van der Waals surface area contributed by atoms with Gasteiger partial charge in [-0.1, -0.05) is 36.2 Å². The molecule has 3 heterocycles. The Morgan fingerprint density at radius 2 is 1.63 bits per heavy atom. The molecule has 2 aliphatic heterocycles. The van der Waals surface area contributed by atoms with Gasteiger partial charge in [-0.2, -0.15) is 0 Å². The van der Waals surface area contributed by atoms with Crippen molar-refractivity contribution in [2.45, 2.75) is 56.8 Å². The molecule has 1 aromatic heterocycles. The smallest absolute Gasteiger partial charge is 0.256 e. The van der Waals surface area contributed by atoms with E-state index in [1.54, 1.807) is 26.2 Å². The molecule has 3 fully saturated rings. The number of phenolic OH excluding ortho intramolecular Hbond substituents is 1. The molecule has 2 amide bonds. The normalized spacial score (nSPS) is 20.2. The summed E-state index contributed by atoms with van der Waals surface area (Å²) in [5, 5.41) is 10.7. The topological polar surface area (TPSA) is 77.0 Å². The molecule has 2 aromatic rings. The molecule has 2 saturated heterocycles. The molecular weight excluding hydrogens is 500 g/mol. The average Bonchev–Trinajstić information content (AvgIpc) is 2.89. The third-order valence-corrected chi connectivity index (χ3v) is 9.30. The second-order valence-electron chi connectivity index (χ2n) is 11.6. The van der Waals surface area contributed by atoms with Crippen molar-refractivity contribution in [1.29, 1.82) is 0 Å². The Hall–Kier alpha value is -2.80. The van der Waals surface area contributed by atoms with E-state index in [-0.39, 0.29) is 22.7 Å². The highest BCUT2D eigenvalue weighted by molar-refractivity contribution is 6.32. The molecule has 5 rings (SSSR count). The molecular formula is C30H39ClN4O3. The number of rotatable bonds is 6. The number of hydrogen-bond donors (Lipinski definition) is 1. The van der Waals surface area contributed by atoms with Crippen LogP contribution in [0.1, 0.15) is 67.3 Å². The van der Waals surface area contributed by atoms with E-state index in [1.807, 2.05) is 24.3 Å². The van der Waals surface area contributed by atoms with Gasteiger partial charge in [-0.25, -0.2) is 4.98 Å². The van der Waals surface area contributed by atoms with Crippen molar-refractivity contribution in [3.63, 3.8) is 0 Å². The number of carbonyl (C=O) groups excluding carboxylic acids is 2. The molecule has 0 unspecified atom stereocenters. The van der Waals surface area contributed by atoms with Crippen molar-refractivity contribution in [1.82, 2.24) is 14.8 Å². The summed E-state index contributed by atoms with van der Waals surface area (Å²) in [7, 11) is 3.42. The summed E-state index contributed by atoms with van der Waals surface area (Å²) in [6, 6.07) is 11.0. The SMILES string of the molecule is CN(C)C(=O)c1ccc(N2CCC(CC3CCN(C(=O)C4(c5ccccc5O)CCC4)CC3)CC2)nc1Cl. The van der Waals surface area contributed by atoms with Crippen LogP contribution < -0.4 is 4.90 Å². The van der Waals surface area contributed by atoms with Gasteiger partial charge in [-0.15, -0.1) is 0 Å². The summed E-state index contributed by atoms with van der Waals surface area (Å²) in [5.41, 5.74) is 0.712. The number of likely N-dealkylation sites (tertiary alicyclic amines) is 1. The van der Waals surface area contributed by atoms with Gasteiger partial charge in [0.15, 0.2) is 0 Å². The molecule has 1 N–H and O–H groups in total. The maximum atomic E-state index is 13.6. The zero-order valence-electron chi connectivity index (χ0n) is 22.5.